The normalized spacial score (nSPS) is 12.1. The van der Waals surface area contributed by atoms with E-state index in [0.29, 0.717) is 13.0 Å². The Morgan fingerprint density at radius 1 is 1.07 bits per heavy atom. The van der Waals surface area contributed by atoms with Crippen molar-refractivity contribution in [3.05, 3.63) is 90.0 Å². The van der Waals surface area contributed by atoms with Gasteiger partial charge in [-0.3, -0.25) is 4.79 Å². The summed E-state index contributed by atoms with van der Waals surface area (Å²) in [5, 5.41) is 4.11. The summed E-state index contributed by atoms with van der Waals surface area (Å²) in [6, 6.07) is 19.8. The number of furan rings is 1. The van der Waals surface area contributed by atoms with E-state index >= 15 is 0 Å². The maximum Gasteiger partial charge on any atom is 0.221 e. The first kappa shape index (κ1) is 18.9. The minimum atomic E-state index is -0.131. The van der Waals surface area contributed by atoms with Crippen LogP contribution in [0, 0.1) is 0 Å². The second kappa shape index (κ2) is 8.27. The van der Waals surface area contributed by atoms with Crippen molar-refractivity contribution < 1.29 is 13.9 Å². The summed E-state index contributed by atoms with van der Waals surface area (Å²) in [6.45, 7) is 0.375. The third kappa shape index (κ3) is 3.90. The number of rotatable bonds is 7. The molecule has 5 heteroatoms. The summed E-state index contributed by atoms with van der Waals surface area (Å²) in [7, 11) is 3.69. The van der Waals surface area contributed by atoms with Crippen LogP contribution < -0.4 is 10.1 Å². The first-order chi connectivity index (χ1) is 14.2. The average molecular weight is 388 g/mol. The molecule has 2 heterocycles. The number of aromatic nitrogens is 1. The number of aryl methyl sites for hydroxylation is 1. The molecule has 0 unspecified atom stereocenters. The summed E-state index contributed by atoms with van der Waals surface area (Å²) in [6.07, 6.45) is 4.03. The molecule has 0 radical (unpaired) electrons. The van der Waals surface area contributed by atoms with Crippen LogP contribution in [0.3, 0.4) is 0 Å². The Hall–Kier alpha value is -3.47. The lowest BCUT2D eigenvalue weighted by Gasteiger charge is -2.19. The number of para-hydroxylation sites is 2. The summed E-state index contributed by atoms with van der Waals surface area (Å²) in [5.74, 6) is 1.35. The predicted octanol–water partition coefficient (Wildman–Crippen LogP) is 4.62. The highest BCUT2D eigenvalue weighted by Gasteiger charge is 2.24. The Bertz CT molecular complexity index is 1110. The molecule has 0 aliphatic carbocycles. The number of nitrogens with one attached hydrogen (secondary N) is 1. The molecule has 1 amide bonds. The molecule has 0 spiro atoms. The summed E-state index contributed by atoms with van der Waals surface area (Å²) in [4.78, 5) is 12.8. The number of nitrogens with zero attached hydrogens (tertiary/aromatic N) is 1. The Morgan fingerprint density at radius 2 is 1.86 bits per heavy atom. The van der Waals surface area contributed by atoms with Gasteiger partial charge in [0.25, 0.3) is 0 Å². The number of methoxy groups -OCH3 is 1. The summed E-state index contributed by atoms with van der Waals surface area (Å²) in [5.41, 5.74) is 3.25. The Balaban J connectivity index is 1.70. The monoisotopic (exact) mass is 388 g/mol. The number of carbonyl (C=O) groups is 1. The van der Waals surface area contributed by atoms with Crippen LogP contribution in [0.15, 0.2) is 77.5 Å². The minimum Gasteiger partial charge on any atom is -0.496 e. The summed E-state index contributed by atoms with van der Waals surface area (Å²) < 4.78 is 13.0. The number of hydrogen-bond acceptors (Lipinski definition) is 3. The number of hydrogen-bond donors (Lipinski definition) is 1. The third-order valence-electron chi connectivity index (χ3n) is 5.25. The molecule has 0 fully saturated rings. The van der Waals surface area contributed by atoms with Crippen molar-refractivity contribution in [1.82, 2.24) is 9.88 Å². The molecule has 5 nitrogen and oxygen atoms in total. The number of amides is 1. The second-order valence-electron chi connectivity index (χ2n) is 7.07. The maximum atomic E-state index is 12.8. The van der Waals surface area contributed by atoms with Crippen molar-refractivity contribution in [2.75, 3.05) is 7.11 Å². The van der Waals surface area contributed by atoms with Crippen LogP contribution in [0.2, 0.25) is 0 Å². The fourth-order valence-corrected chi connectivity index (χ4v) is 3.85. The largest absolute Gasteiger partial charge is 0.496 e. The van der Waals surface area contributed by atoms with E-state index in [2.05, 4.69) is 28.2 Å². The van der Waals surface area contributed by atoms with Gasteiger partial charge in [0.05, 0.1) is 19.9 Å². The number of fused-ring (bicyclic) bond motifs is 1. The van der Waals surface area contributed by atoms with Crippen molar-refractivity contribution in [1.29, 1.82) is 0 Å². The van der Waals surface area contributed by atoms with Gasteiger partial charge in [0.1, 0.15) is 11.5 Å². The highest BCUT2D eigenvalue weighted by atomic mass is 16.5. The molecule has 2 aromatic heterocycles. The van der Waals surface area contributed by atoms with E-state index in [1.54, 1.807) is 13.4 Å². The Kier molecular flexibility index (Phi) is 5.38. The van der Waals surface area contributed by atoms with E-state index in [4.69, 9.17) is 9.15 Å². The number of carbonyl (C=O) groups excluding carboxylic acids is 1. The van der Waals surface area contributed by atoms with Crippen molar-refractivity contribution in [3.63, 3.8) is 0 Å². The van der Waals surface area contributed by atoms with Gasteiger partial charge >= 0.3 is 0 Å². The van der Waals surface area contributed by atoms with Gasteiger partial charge in [-0.05, 0) is 29.8 Å². The standard InChI is InChI=1S/C24H24N2O3/c1-26-16-21(18-9-3-5-11-22(18)26)20(19-10-4-6-12-23(19)28-2)14-24(27)25-15-17-8-7-13-29-17/h3-13,16,20H,14-15H2,1-2H3,(H,25,27)/t20-/m0/s1. The molecule has 1 atom stereocenters. The fraction of sp³-hybridized carbons (Fsp3) is 0.208. The molecule has 4 aromatic rings. The lowest BCUT2D eigenvalue weighted by molar-refractivity contribution is -0.121. The zero-order valence-corrected chi connectivity index (χ0v) is 16.6. The Morgan fingerprint density at radius 3 is 2.66 bits per heavy atom. The lowest BCUT2D eigenvalue weighted by Crippen LogP contribution is -2.25. The molecule has 0 saturated heterocycles. The predicted molar refractivity (Wildman–Crippen MR) is 113 cm³/mol. The first-order valence-corrected chi connectivity index (χ1v) is 9.63. The van der Waals surface area contributed by atoms with Gasteiger partial charge in [0.15, 0.2) is 0 Å². The lowest BCUT2D eigenvalue weighted by atomic mass is 9.87. The SMILES string of the molecule is COc1ccccc1[C@H](CC(=O)NCc1ccco1)c1cn(C)c2ccccc12. The number of ether oxygens (including phenoxy) is 1. The van der Waals surface area contributed by atoms with Gasteiger partial charge in [0, 0.05) is 42.0 Å². The molecule has 148 valence electrons. The van der Waals surface area contributed by atoms with E-state index in [1.165, 1.54) is 0 Å². The smallest absolute Gasteiger partial charge is 0.221 e. The average Bonchev–Trinajstić information content (AvgIpc) is 3.39. The van der Waals surface area contributed by atoms with Crippen LogP contribution in [-0.4, -0.2) is 17.6 Å². The highest BCUT2D eigenvalue weighted by molar-refractivity contribution is 5.86. The maximum absolute atomic E-state index is 12.8. The molecule has 29 heavy (non-hydrogen) atoms. The van der Waals surface area contributed by atoms with Crippen LogP contribution in [0.25, 0.3) is 10.9 Å². The molecule has 0 aliphatic rings. The van der Waals surface area contributed by atoms with E-state index in [0.717, 1.165) is 33.5 Å². The molecular formula is C24H24N2O3. The van der Waals surface area contributed by atoms with Crippen LogP contribution >= 0.6 is 0 Å². The van der Waals surface area contributed by atoms with Gasteiger partial charge in [-0.25, -0.2) is 0 Å². The van der Waals surface area contributed by atoms with Gasteiger partial charge < -0.3 is 19.0 Å². The number of benzene rings is 2. The zero-order valence-electron chi connectivity index (χ0n) is 16.6. The zero-order chi connectivity index (χ0) is 20.2. The molecule has 2 aromatic carbocycles. The minimum absolute atomic E-state index is 0.0368. The molecule has 0 saturated carbocycles. The molecular weight excluding hydrogens is 364 g/mol. The quantitative estimate of drug-likeness (QED) is 0.503. The highest BCUT2D eigenvalue weighted by Crippen LogP contribution is 2.38. The molecule has 0 aliphatic heterocycles. The van der Waals surface area contributed by atoms with Gasteiger partial charge in [0.2, 0.25) is 5.91 Å². The van der Waals surface area contributed by atoms with Crippen LogP contribution in [0.4, 0.5) is 0 Å². The fourth-order valence-electron chi connectivity index (χ4n) is 3.85. The van der Waals surface area contributed by atoms with Gasteiger partial charge in [-0.15, -0.1) is 0 Å². The van der Waals surface area contributed by atoms with Crippen molar-refractivity contribution >= 4 is 16.8 Å². The molecule has 1 N–H and O–H groups in total. The third-order valence-corrected chi connectivity index (χ3v) is 5.25. The Labute approximate surface area is 169 Å². The van der Waals surface area contributed by atoms with Crippen LogP contribution in [-0.2, 0) is 18.4 Å². The van der Waals surface area contributed by atoms with E-state index in [9.17, 15) is 4.79 Å². The summed E-state index contributed by atoms with van der Waals surface area (Å²) >= 11 is 0. The van der Waals surface area contributed by atoms with Crippen molar-refractivity contribution in [3.8, 4) is 5.75 Å². The first-order valence-electron chi connectivity index (χ1n) is 9.63. The molecule has 0 bridgehead atoms. The van der Waals surface area contributed by atoms with Gasteiger partial charge in [-0.2, -0.15) is 0 Å². The van der Waals surface area contributed by atoms with Crippen LogP contribution in [0.1, 0.15) is 29.2 Å². The second-order valence-corrected chi connectivity index (χ2v) is 7.07. The van der Waals surface area contributed by atoms with Crippen molar-refractivity contribution in [2.45, 2.75) is 18.9 Å². The van der Waals surface area contributed by atoms with Crippen molar-refractivity contribution in [2.24, 2.45) is 7.05 Å². The van der Waals surface area contributed by atoms with Crippen LogP contribution in [0.5, 0.6) is 5.75 Å². The van der Waals surface area contributed by atoms with E-state index in [-0.39, 0.29) is 11.8 Å². The van der Waals surface area contributed by atoms with E-state index in [1.807, 2.05) is 55.6 Å². The topological polar surface area (TPSA) is 56.4 Å². The van der Waals surface area contributed by atoms with Gasteiger partial charge in [-0.1, -0.05) is 36.4 Å². The molecule has 4 rings (SSSR count). The van der Waals surface area contributed by atoms with E-state index < -0.39 is 0 Å².